The maximum absolute atomic E-state index is 12.8. The van der Waals surface area contributed by atoms with Gasteiger partial charge in [-0.1, -0.05) is 12.2 Å². The Kier molecular flexibility index (Phi) is 4.34. The van der Waals surface area contributed by atoms with Crippen molar-refractivity contribution in [3.63, 3.8) is 0 Å². The number of fused-ring (bicyclic) bond motifs is 1. The average molecular weight is 419 g/mol. The Bertz CT molecular complexity index is 803. The summed E-state index contributed by atoms with van der Waals surface area (Å²) < 4.78 is 11.3. The first-order chi connectivity index (χ1) is 12.5. The summed E-state index contributed by atoms with van der Waals surface area (Å²) in [5, 5.41) is 5.27. The highest BCUT2D eigenvalue weighted by Crippen LogP contribution is 2.49. The predicted molar refractivity (Wildman–Crippen MR) is 99.0 cm³/mol. The molecule has 1 saturated heterocycles. The Morgan fingerprint density at radius 1 is 1.04 bits per heavy atom. The third-order valence-electron chi connectivity index (χ3n) is 5.55. The Morgan fingerprint density at radius 3 is 2.12 bits per heavy atom. The zero-order valence-corrected chi connectivity index (χ0v) is 16.1. The summed E-state index contributed by atoms with van der Waals surface area (Å²) in [6, 6.07) is 3.51. The lowest BCUT2D eigenvalue weighted by atomic mass is 9.63. The minimum Gasteiger partial charge on any atom is -0.496 e. The van der Waals surface area contributed by atoms with Gasteiger partial charge in [0.2, 0.25) is 0 Å². The Labute approximate surface area is 160 Å². The monoisotopic (exact) mass is 418 g/mol. The molecule has 2 amide bonds. The van der Waals surface area contributed by atoms with Gasteiger partial charge in [-0.2, -0.15) is 10.1 Å². The number of hydrazone groups is 1. The summed E-state index contributed by atoms with van der Waals surface area (Å²) in [7, 11) is 3.11. The summed E-state index contributed by atoms with van der Waals surface area (Å²) in [6.07, 6.45) is 7.62. The first-order valence-corrected chi connectivity index (χ1v) is 9.36. The second-order valence-corrected chi connectivity index (χ2v) is 7.66. The molecule has 0 aromatic heterocycles. The summed E-state index contributed by atoms with van der Waals surface area (Å²) in [5.74, 6) is 0.593. The fourth-order valence-electron chi connectivity index (χ4n) is 4.28. The number of hydrogen-bond donors (Lipinski definition) is 0. The minimum absolute atomic E-state index is 0.159. The topological polar surface area (TPSA) is 68.2 Å². The number of allylic oxidation sites excluding steroid dienone is 2. The molecule has 5 rings (SSSR count). The van der Waals surface area contributed by atoms with Crippen LogP contribution < -0.4 is 9.47 Å². The first kappa shape index (κ1) is 17.3. The van der Waals surface area contributed by atoms with Crippen molar-refractivity contribution >= 4 is 34.0 Å². The van der Waals surface area contributed by atoms with E-state index in [-0.39, 0.29) is 35.5 Å². The molecular weight excluding hydrogens is 400 g/mol. The van der Waals surface area contributed by atoms with Crippen molar-refractivity contribution in [3.8, 4) is 11.5 Å². The molecule has 1 aromatic carbocycles. The van der Waals surface area contributed by atoms with Gasteiger partial charge in [0.25, 0.3) is 11.8 Å². The van der Waals surface area contributed by atoms with E-state index in [0.29, 0.717) is 17.1 Å². The second-order valence-electron chi connectivity index (χ2n) is 6.80. The molecule has 0 radical (unpaired) electrons. The van der Waals surface area contributed by atoms with Crippen LogP contribution in [0.4, 0.5) is 0 Å². The number of hydrogen-bond acceptors (Lipinski definition) is 5. The van der Waals surface area contributed by atoms with Gasteiger partial charge in [-0.15, -0.1) is 0 Å². The highest BCUT2D eigenvalue weighted by Gasteiger charge is 2.56. The predicted octanol–water partition coefficient (Wildman–Crippen LogP) is 3.00. The molecule has 0 unspecified atom stereocenters. The molecule has 1 heterocycles. The molecule has 3 aliphatic carbocycles. The number of ether oxygens (including phenoxy) is 2. The van der Waals surface area contributed by atoms with E-state index in [1.54, 1.807) is 26.4 Å². The molecule has 4 atom stereocenters. The molecule has 0 N–H and O–H groups in total. The van der Waals surface area contributed by atoms with Crippen LogP contribution in [0.25, 0.3) is 0 Å². The van der Waals surface area contributed by atoms with Gasteiger partial charge in [0.15, 0.2) is 0 Å². The molecule has 4 aliphatic rings. The lowest BCUT2D eigenvalue weighted by Crippen LogP contribution is -2.38. The Hall–Kier alpha value is -2.15. The van der Waals surface area contributed by atoms with Crippen LogP contribution in [0.15, 0.2) is 33.9 Å². The quantitative estimate of drug-likeness (QED) is 0.428. The zero-order chi connectivity index (χ0) is 18.4. The van der Waals surface area contributed by atoms with E-state index < -0.39 is 0 Å². The third-order valence-corrected chi connectivity index (χ3v) is 6.17. The molecule has 6 nitrogen and oxygen atoms in total. The van der Waals surface area contributed by atoms with Crippen molar-refractivity contribution in [1.29, 1.82) is 0 Å². The number of amides is 2. The molecule has 7 heteroatoms. The number of methoxy groups -OCH3 is 2. The third kappa shape index (κ3) is 2.57. The van der Waals surface area contributed by atoms with Crippen LogP contribution in [0.5, 0.6) is 11.5 Å². The van der Waals surface area contributed by atoms with Crippen LogP contribution >= 0.6 is 15.9 Å². The fraction of sp³-hybridized carbons (Fsp3) is 0.421. The van der Waals surface area contributed by atoms with Crippen molar-refractivity contribution in [3.05, 3.63) is 34.3 Å². The minimum atomic E-state index is -0.257. The number of carbonyl (C=O) groups is 2. The molecule has 0 spiro atoms. The largest absolute Gasteiger partial charge is 0.496 e. The first-order valence-electron chi connectivity index (χ1n) is 8.56. The van der Waals surface area contributed by atoms with Crippen LogP contribution in [-0.2, 0) is 9.59 Å². The van der Waals surface area contributed by atoms with E-state index in [9.17, 15) is 9.59 Å². The maximum Gasteiger partial charge on any atom is 0.254 e. The van der Waals surface area contributed by atoms with Crippen LogP contribution in [0, 0.1) is 23.7 Å². The van der Waals surface area contributed by atoms with Gasteiger partial charge in [0.05, 0.1) is 36.7 Å². The maximum atomic E-state index is 12.8. The van der Waals surface area contributed by atoms with Crippen molar-refractivity contribution in [1.82, 2.24) is 5.01 Å². The van der Waals surface area contributed by atoms with Crippen LogP contribution in [0.3, 0.4) is 0 Å². The van der Waals surface area contributed by atoms with Gasteiger partial charge in [0.1, 0.15) is 11.5 Å². The van der Waals surface area contributed by atoms with E-state index in [2.05, 4.69) is 33.2 Å². The van der Waals surface area contributed by atoms with E-state index >= 15 is 0 Å². The normalized spacial score (nSPS) is 29.6. The van der Waals surface area contributed by atoms with Gasteiger partial charge in [-0.3, -0.25) is 9.59 Å². The summed E-state index contributed by atoms with van der Waals surface area (Å²) in [5.41, 5.74) is 0.650. The highest BCUT2D eigenvalue weighted by atomic mass is 79.9. The standard InChI is InChI=1S/C19H19BrN2O4/c1-25-14-8-15(26-2)13(20)7-12(14)9-21-22-18(23)16-10-3-4-11(6-5-10)17(16)19(22)24/h3-4,7-11,16-17H,5-6H2,1-2H3/b21-9-/t10-,11-,16-,17+/m0/s1. The van der Waals surface area contributed by atoms with E-state index in [0.717, 1.165) is 22.3 Å². The number of carbonyl (C=O) groups excluding carboxylic acids is 2. The molecule has 1 saturated carbocycles. The van der Waals surface area contributed by atoms with Crippen LogP contribution in [-0.4, -0.2) is 37.3 Å². The van der Waals surface area contributed by atoms with Gasteiger partial charge in [0, 0.05) is 11.6 Å². The van der Waals surface area contributed by atoms with Gasteiger partial charge in [-0.25, -0.2) is 0 Å². The van der Waals surface area contributed by atoms with Gasteiger partial charge < -0.3 is 9.47 Å². The van der Waals surface area contributed by atoms with Crippen molar-refractivity contribution in [2.24, 2.45) is 28.8 Å². The molecule has 2 bridgehead atoms. The lowest BCUT2D eigenvalue weighted by Gasteiger charge is -2.37. The van der Waals surface area contributed by atoms with Gasteiger partial charge >= 0.3 is 0 Å². The molecule has 26 heavy (non-hydrogen) atoms. The lowest BCUT2D eigenvalue weighted by molar-refractivity contribution is -0.140. The van der Waals surface area contributed by atoms with E-state index in [1.165, 1.54) is 6.21 Å². The molecule has 136 valence electrons. The van der Waals surface area contributed by atoms with Crippen LogP contribution in [0.2, 0.25) is 0 Å². The molecular formula is C19H19BrN2O4. The fourth-order valence-corrected chi connectivity index (χ4v) is 4.80. The smallest absolute Gasteiger partial charge is 0.254 e. The van der Waals surface area contributed by atoms with Crippen molar-refractivity contribution in [2.75, 3.05) is 14.2 Å². The summed E-state index contributed by atoms with van der Waals surface area (Å²) in [6.45, 7) is 0. The van der Waals surface area contributed by atoms with Crippen molar-refractivity contribution in [2.45, 2.75) is 12.8 Å². The molecule has 2 fully saturated rings. The van der Waals surface area contributed by atoms with Crippen molar-refractivity contribution < 1.29 is 19.1 Å². The number of halogens is 1. The highest BCUT2D eigenvalue weighted by molar-refractivity contribution is 9.10. The summed E-state index contributed by atoms with van der Waals surface area (Å²) in [4.78, 5) is 25.6. The summed E-state index contributed by atoms with van der Waals surface area (Å²) >= 11 is 3.42. The SMILES string of the molecule is COc1cc(OC)c(/C=N\N2C(=O)[C@@H]3[C@H](C2=O)[C@H]2C=C[C@H]3CC2)cc1Br. The van der Waals surface area contributed by atoms with Crippen LogP contribution in [0.1, 0.15) is 18.4 Å². The number of nitrogens with zero attached hydrogens (tertiary/aromatic N) is 2. The Balaban J connectivity index is 1.63. The molecule has 1 aromatic rings. The van der Waals surface area contributed by atoms with E-state index in [4.69, 9.17) is 9.47 Å². The van der Waals surface area contributed by atoms with Gasteiger partial charge in [-0.05, 0) is 46.7 Å². The van der Waals surface area contributed by atoms with E-state index in [1.807, 2.05) is 0 Å². The molecule has 1 aliphatic heterocycles. The Morgan fingerprint density at radius 2 is 1.62 bits per heavy atom. The second kappa shape index (κ2) is 6.54. The zero-order valence-electron chi connectivity index (χ0n) is 14.5. The number of rotatable bonds is 4. The average Bonchev–Trinajstić information content (AvgIpc) is 2.94. The number of benzene rings is 1. The number of imide groups is 1.